The molecule has 2 heterocycles. The number of hydrogen-bond acceptors (Lipinski definition) is 5. The van der Waals surface area contributed by atoms with Crippen LogP contribution in [0.5, 0.6) is 5.75 Å². The fourth-order valence-electron chi connectivity index (χ4n) is 3.29. The summed E-state index contributed by atoms with van der Waals surface area (Å²) in [7, 11) is 0. The van der Waals surface area contributed by atoms with Crippen LogP contribution in [-0.2, 0) is 22.5 Å². The molecule has 0 unspecified atom stereocenters. The van der Waals surface area contributed by atoms with Crippen LogP contribution in [0.4, 0.5) is 4.39 Å². The third kappa shape index (κ3) is 4.78. The van der Waals surface area contributed by atoms with Crippen molar-refractivity contribution in [3.8, 4) is 16.9 Å². The molecular weight excluding hydrogens is 371 g/mol. The maximum absolute atomic E-state index is 13.1. The SMILES string of the molecule is O=C(OCNCc1cncc(-c2ccc(F)cc2)c1)[C@H]1CCc2ccccc2O1. The topological polar surface area (TPSA) is 60.5 Å². The van der Waals surface area contributed by atoms with E-state index in [4.69, 9.17) is 9.47 Å². The summed E-state index contributed by atoms with van der Waals surface area (Å²) >= 11 is 0. The predicted octanol–water partition coefficient (Wildman–Crippen LogP) is 3.87. The van der Waals surface area contributed by atoms with E-state index in [0.717, 1.165) is 34.4 Å². The Bertz CT molecular complexity index is 991. The number of carbonyl (C=O) groups is 1. The van der Waals surface area contributed by atoms with Gasteiger partial charge in [0.25, 0.3) is 0 Å². The van der Waals surface area contributed by atoms with Gasteiger partial charge < -0.3 is 9.47 Å². The highest BCUT2D eigenvalue weighted by atomic mass is 19.1. The van der Waals surface area contributed by atoms with Gasteiger partial charge in [-0.15, -0.1) is 0 Å². The number of esters is 1. The lowest BCUT2D eigenvalue weighted by molar-refractivity contribution is -0.153. The standard InChI is InChI=1S/C23H21FN2O3/c24-20-8-5-17(6-9-20)19-11-16(12-25-14-19)13-26-15-28-23(27)22-10-7-18-3-1-2-4-21(18)29-22/h1-6,8-9,11-12,14,22,26H,7,10,13,15H2/t22-/m1/s1. The Hall–Kier alpha value is -3.25. The molecule has 4 rings (SSSR count). The summed E-state index contributed by atoms with van der Waals surface area (Å²) < 4.78 is 24.1. The normalized spacial score (nSPS) is 15.3. The van der Waals surface area contributed by atoms with E-state index < -0.39 is 6.10 Å². The number of para-hydroxylation sites is 1. The van der Waals surface area contributed by atoms with Gasteiger partial charge in [0.15, 0.2) is 6.10 Å². The van der Waals surface area contributed by atoms with E-state index >= 15 is 0 Å². The van der Waals surface area contributed by atoms with E-state index in [0.29, 0.717) is 13.0 Å². The van der Waals surface area contributed by atoms with E-state index in [-0.39, 0.29) is 18.5 Å². The highest BCUT2D eigenvalue weighted by Crippen LogP contribution is 2.27. The van der Waals surface area contributed by atoms with Crippen molar-refractivity contribution in [1.82, 2.24) is 10.3 Å². The first-order chi connectivity index (χ1) is 14.2. The number of carbonyl (C=O) groups excluding carboxylic acids is 1. The molecule has 1 atom stereocenters. The van der Waals surface area contributed by atoms with Crippen LogP contribution in [0.25, 0.3) is 11.1 Å². The number of nitrogens with one attached hydrogen (secondary N) is 1. The third-order valence-corrected chi connectivity index (χ3v) is 4.80. The molecule has 1 N–H and O–H groups in total. The van der Waals surface area contributed by atoms with Gasteiger partial charge in [0.05, 0.1) is 0 Å². The number of rotatable bonds is 6. The summed E-state index contributed by atoms with van der Waals surface area (Å²) in [4.78, 5) is 16.5. The molecule has 3 aromatic rings. The molecule has 5 nitrogen and oxygen atoms in total. The molecule has 6 heteroatoms. The van der Waals surface area contributed by atoms with Crippen LogP contribution >= 0.6 is 0 Å². The maximum Gasteiger partial charge on any atom is 0.348 e. The molecule has 0 amide bonds. The van der Waals surface area contributed by atoms with Gasteiger partial charge in [-0.3, -0.25) is 10.3 Å². The Morgan fingerprint density at radius 3 is 2.83 bits per heavy atom. The number of aryl methyl sites for hydroxylation is 1. The van der Waals surface area contributed by atoms with Crippen molar-refractivity contribution in [1.29, 1.82) is 0 Å². The molecule has 2 aromatic carbocycles. The van der Waals surface area contributed by atoms with Gasteiger partial charge in [-0.05, 0) is 53.8 Å². The molecule has 148 valence electrons. The van der Waals surface area contributed by atoms with E-state index in [1.165, 1.54) is 12.1 Å². The van der Waals surface area contributed by atoms with Crippen molar-refractivity contribution in [3.05, 3.63) is 83.9 Å². The zero-order valence-electron chi connectivity index (χ0n) is 15.8. The second-order valence-electron chi connectivity index (χ2n) is 6.88. The fraction of sp³-hybridized carbons (Fsp3) is 0.217. The minimum absolute atomic E-state index is 0.0844. The summed E-state index contributed by atoms with van der Waals surface area (Å²) in [5, 5.41) is 3.08. The Balaban J connectivity index is 1.26. The third-order valence-electron chi connectivity index (χ3n) is 4.80. The Labute approximate surface area is 168 Å². The molecule has 0 radical (unpaired) electrons. The first-order valence-corrected chi connectivity index (χ1v) is 9.51. The van der Waals surface area contributed by atoms with Crippen molar-refractivity contribution >= 4 is 5.97 Å². The molecule has 1 aliphatic rings. The second-order valence-corrected chi connectivity index (χ2v) is 6.88. The van der Waals surface area contributed by atoms with Gasteiger partial charge in [-0.25, -0.2) is 9.18 Å². The van der Waals surface area contributed by atoms with Crippen LogP contribution in [0.3, 0.4) is 0 Å². The van der Waals surface area contributed by atoms with E-state index in [1.54, 1.807) is 24.5 Å². The van der Waals surface area contributed by atoms with Crippen LogP contribution in [0.1, 0.15) is 17.5 Å². The van der Waals surface area contributed by atoms with Crippen LogP contribution in [0.2, 0.25) is 0 Å². The number of benzene rings is 2. The van der Waals surface area contributed by atoms with Gasteiger partial charge in [-0.1, -0.05) is 30.3 Å². The van der Waals surface area contributed by atoms with Crippen molar-refractivity contribution < 1.29 is 18.7 Å². The predicted molar refractivity (Wildman–Crippen MR) is 107 cm³/mol. The largest absolute Gasteiger partial charge is 0.478 e. The zero-order valence-corrected chi connectivity index (χ0v) is 15.8. The number of halogens is 1. The monoisotopic (exact) mass is 392 g/mol. The Morgan fingerprint density at radius 1 is 1.14 bits per heavy atom. The molecule has 1 aromatic heterocycles. The van der Waals surface area contributed by atoms with Gasteiger partial charge in [0.1, 0.15) is 18.3 Å². The van der Waals surface area contributed by atoms with E-state index in [9.17, 15) is 9.18 Å². The average Bonchev–Trinajstić information content (AvgIpc) is 2.77. The second kappa shape index (κ2) is 8.84. The lowest BCUT2D eigenvalue weighted by Gasteiger charge is -2.24. The molecule has 0 aliphatic carbocycles. The number of aromatic nitrogens is 1. The minimum atomic E-state index is -0.574. The van der Waals surface area contributed by atoms with Crippen molar-refractivity contribution in [3.63, 3.8) is 0 Å². The summed E-state index contributed by atoms with van der Waals surface area (Å²) in [6.45, 7) is 0.574. The summed E-state index contributed by atoms with van der Waals surface area (Å²) in [6, 6.07) is 16.0. The lowest BCUT2D eigenvalue weighted by Crippen LogP contribution is -2.34. The van der Waals surface area contributed by atoms with Gasteiger partial charge in [0.2, 0.25) is 0 Å². The number of pyridine rings is 1. The molecule has 0 bridgehead atoms. The summed E-state index contributed by atoms with van der Waals surface area (Å²) in [6.07, 6.45) is 4.30. The smallest absolute Gasteiger partial charge is 0.348 e. The van der Waals surface area contributed by atoms with Gasteiger partial charge in [-0.2, -0.15) is 0 Å². The lowest BCUT2D eigenvalue weighted by atomic mass is 10.0. The molecule has 0 fully saturated rings. The molecule has 0 saturated heterocycles. The summed E-state index contributed by atoms with van der Waals surface area (Å²) in [5.74, 6) is 0.106. The Morgan fingerprint density at radius 2 is 1.97 bits per heavy atom. The van der Waals surface area contributed by atoms with Crippen LogP contribution in [-0.4, -0.2) is 23.8 Å². The molecule has 0 saturated carbocycles. The van der Waals surface area contributed by atoms with E-state index in [1.807, 2.05) is 30.3 Å². The molecule has 1 aliphatic heterocycles. The molecular formula is C23H21FN2O3. The average molecular weight is 392 g/mol. The first kappa shape index (κ1) is 19.1. The quantitative estimate of drug-likeness (QED) is 0.392. The van der Waals surface area contributed by atoms with Crippen LogP contribution < -0.4 is 10.1 Å². The van der Waals surface area contributed by atoms with Crippen LogP contribution in [0.15, 0.2) is 67.0 Å². The fourth-order valence-corrected chi connectivity index (χ4v) is 3.29. The number of fused-ring (bicyclic) bond motifs is 1. The van der Waals surface area contributed by atoms with Gasteiger partial charge in [0, 0.05) is 24.5 Å². The summed E-state index contributed by atoms with van der Waals surface area (Å²) in [5.41, 5.74) is 3.84. The van der Waals surface area contributed by atoms with Crippen molar-refractivity contribution in [2.45, 2.75) is 25.5 Å². The highest BCUT2D eigenvalue weighted by molar-refractivity contribution is 5.75. The number of ether oxygens (including phenoxy) is 2. The number of hydrogen-bond donors (Lipinski definition) is 1. The zero-order chi connectivity index (χ0) is 20.1. The van der Waals surface area contributed by atoms with Crippen molar-refractivity contribution in [2.24, 2.45) is 0 Å². The first-order valence-electron chi connectivity index (χ1n) is 9.51. The Kier molecular flexibility index (Phi) is 5.81. The molecule has 29 heavy (non-hydrogen) atoms. The van der Waals surface area contributed by atoms with Crippen LogP contribution in [0, 0.1) is 5.82 Å². The number of nitrogens with zero attached hydrogens (tertiary/aromatic N) is 1. The van der Waals surface area contributed by atoms with Crippen molar-refractivity contribution in [2.75, 3.05) is 6.73 Å². The van der Waals surface area contributed by atoms with Gasteiger partial charge >= 0.3 is 5.97 Å². The van der Waals surface area contributed by atoms with E-state index in [2.05, 4.69) is 10.3 Å². The minimum Gasteiger partial charge on any atom is -0.478 e. The highest BCUT2D eigenvalue weighted by Gasteiger charge is 2.27. The maximum atomic E-state index is 13.1. The molecule has 0 spiro atoms.